The standard InChI is InChI=1S/C26H23N5O8/c1-2-26(39-22(33)14-36-13-21(32)37-8-7-28-30-27)18-10-20-23-16(9-15-5-3-4-6-19(15)29-23)11-31(20)24(34)17(18)12-38-25(26)35/h3-6,9-10H,2,7-8,11-14H2,1H3/t26-/m0/s1. The number of nitrogens with zero attached hydrogens (tertiary/aromatic N) is 5. The van der Waals surface area contributed by atoms with E-state index in [0.29, 0.717) is 17.9 Å². The van der Waals surface area contributed by atoms with Crippen molar-refractivity contribution in [2.75, 3.05) is 26.4 Å². The van der Waals surface area contributed by atoms with Crippen LogP contribution in [0.25, 0.3) is 32.7 Å². The molecule has 13 heteroatoms. The van der Waals surface area contributed by atoms with Crippen molar-refractivity contribution in [3.63, 3.8) is 0 Å². The van der Waals surface area contributed by atoms with Gasteiger partial charge in [0.05, 0.1) is 42.2 Å². The third-order valence-corrected chi connectivity index (χ3v) is 6.63. The molecule has 0 amide bonds. The second-order valence-electron chi connectivity index (χ2n) is 8.90. The normalized spacial score (nSPS) is 16.9. The van der Waals surface area contributed by atoms with Gasteiger partial charge in [0.25, 0.3) is 5.56 Å². The van der Waals surface area contributed by atoms with Gasteiger partial charge >= 0.3 is 17.9 Å². The van der Waals surface area contributed by atoms with E-state index in [9.17, 15) is 19.2 Å². The van der Waals surface area contributed by atoms with E-state index in [1.54, 1.807) is 17.6 Å². The zero-order valence-corrected chi connectivity index (χ0v) is 20.9. The summed E-state index contributed by atoms with van der Waals surface area (Å²) in [5.41, 5.74) is 9.20. The molecule has 2 aliphatic rings. The first kappa shape index (κ1) is 25.9. The summed E-state index contributed by atoms with van der Waals surface area (Å²) in [4.78, 5) is 58.3. The monoisotopic (exact) mass is 533 g/mol. The number of hydrogen-bond acceptors (Lipinski definition) is 10. The van der Waals surface area contributed by atoms with E-state index in [1.165, 1.54) is 0 Å². The van der Waals surface area contributed by atoms with Crippen molar-refractivity contribution in [3.05, 3.63) is 73.9 Å². The van der Waals surface area contributed by atoms with Gasteiger partial charge in [0.15, 0.2) is 0 Å². The highest BCUT2D eigenvalue weighted by Gasteiger charge is 2.50. The molecule has 200 valence electrons. The lowest BCUT2D eigenvalue weighted by atomic mass is 9.85. The molecule has 13 nitrogen and oxygen atoms in total. The Hall–Kier alpha value is -4.74. The highest BCUT2D eigenvalue weighted by atomic mass is 16.6. The van der Waals surface area contributed by atoms with Gasteiger partial charge in [-0.15, -0.1) is 0 Å². The Morgan fingerprint density at radius 1 is 1.21 bits per heavy atom. The molecule has 0 unspecified atom stereocenters. The van der Waals surface area contributed by atoms with Gasteiger partial charge in [0.1, 0.15) is 19.8 Å². The van der Waals surface area contributed by atoms with E-state index in [1.807, 2.05) is 30.3 Å². The molecule has 0 N–H and O–H groups in total. The summed E-state index contributed by atoms with van der Waals surface area (Å²) in [6.45, 7) is 0.310. The molecule has 4 heterocycles. The number of carbonyl (C=O) groups excluding carboxylic acids is 3. The molecule has 0 bridgehead atoms. The number of esters is 3. The topological polar surface area (TPSA) is 172 Å². The van der Waals surface area contributed by atoms with Crippen LogP contribution in [-0.2, 0) is 52.1 Å². The second kappa shape index (κ2) is 10.6. The fourth-order valence-corrected chi connectivity index (χ4v) is 4.81. The zero-order chi connectivity index (χ0) is 27.6. The number of fused-ring (bicyclic) bond motifs is 5. The van der Waals surface area contributed by atoms with Gasteiger partial charge < -0.3 is 23.5 Å². The maximum atomic E-state index is 13.5. The summed E-state index contributed by atoms with van der Waals surface area (Å²) in [6.07, 6.45) is -0.00702. The Morgan fingerprint density at radius 2 is 2.00 bits per heavy atom. The molecule has 0 saturated carbocycles. The number of para-hydroxylation sites is 1. The largest absolute Gasteiger partial charge is 0.464 e. The molecule has 0 radical (unpaired) electrons. The summed E-state index contributed by atoms with van der Waals surface area (Å²) < 4.78 is 22.4. The van der Waals surface area contributed by atoms with Crippen molar-refractivity contribution in [1.82, 2.24) is 9.55 Å². The lowest BCUT2D eigenvalue weighted by Gasteiger charge is -2.35. The summed E-state index contributed by atoms with van der Waals surface area (Å²) in [6, 6.07) is 11.3. The molecule has 2 aliphatic heterocycles. The highest BCUT2D eigenvalue weighted by Crippen LogP contribution is 2.40. The molecular formula is C26H23N5O8. The van der Waals surface area contributed by atoms with E-state index in [-0.39, 0.29) is 42.9 Å². The summed E-state index contributed by atoms with van der Waals surface area (Å²) >= 11 is 0. The predicted molar refractivity (Wildman–Crippen MR) is 134 cm³/mol. The van der Waals surface area contributed by atoms with E-state index in [4.69, 9.17) is 29.5 Å². The van der Waals surface area contributed by atoms with Crippen LogP contribution in [0.1, 0.15) is 30.0 Å². The minimum absolute atomic E-state index is 0.00702. The van der Waals surface area contributed by atoms with Crippen LogP contribution in [-0.4, -0.2) is 53.8 Å². The van der Waals surface area contributed by atoms with Crippen LogP contribution < -0.4 is 5.56 Å². The molecule has 3 aromatic rings. The molecule has 5 rings (SSSR count). The molecule has 39 heavy (non-hydrogen) atoms. The van der Waals surface area contributed by atoms with Crippen LogP contribution in [0.3, 0.4) is 0 Å². The minimum atomic E-state index is -1.88. The van der Waals surface area contributed by atoms with Crippen LogP contribution in [0.2, 0.25) is 0 Å². The SMILES string of the molecule is CC[C@@]1(OC(=O)COCC(=O)OCCN=[N+]=[N-])C(=O)OCc2c1cc1n(c2=O)Cc2cc3ccccc3nc2-1. The third kappa shape index (κ3) is 4.69. The maximum absolute atomic E-state index is 13.5. The van der Waals surface area contributed by atoms with Gasteiger partial charge in [-0.05, 0) is 30.2 Å². The van der Waals surface area contributed by atoms with Gasteiger partial charge in [-0.2, -0.15) is 0 Å². The number of azide groups is 1. The van der Waals surface area contributed by atoms with Crippen molar-refractivity contribution < 1.29 is 33.3 Å². The Balaban J connectivity index is 1.41. The Labute approximate surface area is 220 Å². The van der Waals surface area contributed by atoms with E-state index < -0.39 is 36.7 Å². The molecule has 0 fully saturated rings. The molecule has 0 spiro atoms. The van der Waals surface area contributed by atoms with Gasteiger partial charge in [-0.25, -0.2) is 19.4 Å². The Morgan fingerprint density at radius 3 is 2.79 bits per heavy atom. The summed E-state index contributed by atoms with van der Waals surface area (Å²) in [5, 5.41) is 4.17. The number of rotatable bonds is 9. The van der Waals surface area contributed by atoms with Gasteiger partial charge in [-0.1, -0.05) is 30.2 Å². The molecule has 1 aromatic carbocycles. The molecule has 1 atom stereocenters. The van der Waals surface area contributed by atoms with Crippen LogP contribution in [0, 0.1) is 0 Å². The summed E-state index contributed by atoms with van der Waals surface area (Å²) in [5.74, 6) is -2.52. The van der Waals surface area contributed by atoms with E-state index >= 15 is 0 Å². The first-order valence-corrected chi connectivity index (χ1v) is 12.2. The zero-order valence-electron chi connectivity index (χ0n) is 20.9. The van der Waals surface area contributed by atoms with Crippen molar-refractivity contribution in [2.24, 2.45) is 5.11 Å². The molecule has 2 aromatic heterocycles. The first-order chi connectivity index (χ1) is 18.9. The smallest absolute Gasteiger partial charge is 0.355 e. The van der Waals surface area contributed by atoms with Gasteiger partial charge in [-0.3, -0.25) is 4.79 Å². The van der Waals surface area contributed by atoms with Gasteiger partial charge in [0, 0.05) is 21.4 Å². The number of aromatic nitrogens is 2. The third-order valence-electron chi connectivity index (χ3n) is 6.63. The number of benzene rings is 1. The fourth-order valence-electron chi connectivity index (χ4n) is 4.81. The maximum Gasteiger partial charge on any atom is 0.355 e. The van der Waals surface area contributed by atoms with Crippen molar-refractivity contribution in [3.8, 4) is 11.4 Å². The molecular weight excluding hydrogens is 510 g/mol. The quantitative estimate of drug-likeness (QED) is 0.0782. The van der Waals surface area contributed by atoms with Crippen LogP contribution in [0.5, 0.6) is 0 Å². The second-order valence-corrected chi connectivity index (χ2v) is 8.90. The van der Waals surface area contributed by atoms with Crippen molar-refractivity contribution >= 4 is 28.8 Å². The number of cyclic esters (lactones) is 1. The lowest BCUT2D eigenvalue weighted by molar-refractivity contribution is -0.192. The molecule has 0 saturated heterocycles. The van der Waals surface area contributed by atoms with Crippen LogP contribution >= 0.6 is 0 Å². The van der Waals surface area contributed by atoms with Crippen LogP contribution in [0.4, 0.5) is 0 Å². The summed E-state index contributed by atoms with van der Waals surface area (Å²) in [7, 11) is 0. The molecule has 0 aliphatic carbocycles. The average molecular weight is 533 g/mol. The predicted octanol–water partition coefficient (Wildman–Crippen LogP) is 2.50. The highest BCUT2D eigenvalue weighted by molar-refractivity contribution is 5.88. The lowest BCUT2D eigenvalue weighted by Crippen LogP contribution is -2.48. The van der Waals surface area contributed by atoms with Crippen molar-refractivity contribution in [1.29, 1.82) is 0 Å². The number of hydrogen-bond donors (Lipinski definition) is 0. The number of carbonyl (C=O) groups is 3. The number of ether oxygens (including phenoxy) is 4. The van der Waals surface area contributed by atoms with Crippen LogP contribution in [0.15, 0.2) is 46.3 Å². The Bertz CT molecular complexity index is 1610. The average Bonchev–Trinajstić information content (AvgIpc) is 3.29. The fraction of sp³-hybridized carbons (Fsp3) is 0.346. The van der Waals surface area contributed by atoms with Gasteiger partial charge in [0.2, 0.25) is 5.60 Å². The van der Waals surface area contributed by atoms with Crippen molar-refractivity contribution in [2.45, 2.75) is 32.1 Å². The Kier molecular flexibility index (Phi) is 7.01. The first-order valence-electron chi connectivity index (χ1n) is 12.2. The van der Waals surface area contributed by atoms with E-state index in [2.05, 4.69) is 10.0 Å². The van der Waals surface area contributed by atoms with E-state index in [0.717, 1.165) is 16.5 Å². The number of pyridine rings is 2. The minimum Gasteiger partial charge on any atom is -0.464 e.